The Labute approximate surface area is 98.2 Å². The lowest BCUT2D eigenvalue weighted by atomic mass is 10.0. The lowest BCUT2D eigenvalue weighted by Crippen LogP contribution is -1.96. The van der Waals surface area contributed by atoms with Crippen molar-refractivity contribution in [1.82, 2.24) is 0 Å². The van der Waals surface area contributed by atoms with Gasteiger partial charge in [-0.3, -0.25) is 4.79 Å². The van der Waals surface area contributed by atoms with Crippen LogP contribution >= 0.6 is 0 Å². The average Bonchev–Trinajstić information content (AvgIpc) is 2.29. The largest absolute Gasteiger partial charge is 0.295 e. The normalized spacial score (nSPS) is 11.5. The number of carbonyl (C=O) groups excluding carboxylic acids is 1. The Balaban J connectivity index is 2.70. The molecule has 1 aromatic carbocycles. The molecule has 0 atom stereocenters. The predicted molar refractivity (Wildman–Crippen MR) is 69.2 cm³/mol. The maximum Gasteiger partial charge on any atom is 0.155 e. The number of Topliss-reactive ketones (excluding diaryl/α,β-unsaturated/α-hetero) is 1. The third-order valence-electron chi connectivity index (χ3n) is 2.64. The van der Waals surface area contributed by atoms with Gasteiger partial charge in [-0.05, 0) is 37.0 Å². The third kappa shape index (κ3) is 4.43. The summed E-state index contributed by atoms with van der Waals surface area (Å²) in [5.74, 6) is 0.194. The van der Waals surface area contributed by atoms with Gasteiger partial charge in [0.25, 0.3) is 0 Å². The molecule has 0 fully saturated rings. The molecule has 1 aromatic rings. The van der Waals surface area contributed by atoms with Crippen molar-refractivity contribution in [3.8, 4) is 0 Å². The standard InChI is InChI=1S/C15H20O/c1-3-4-6-11-15(13(2)16)12-14-9-7-5-8-10-14/h5,7-10,12H,3-4,6,11H2,1-2H3/b15-12-. The Hall–Kier alpha value is -1.37. The zero-order valence-electron chi connectivity index (χ0n) is 10.2. The number of allylic oxidation sites excluding steroid dienone is 1. The fraction of sp³-hybridized carbons (Fsp3) is 0.400. The molecule has 1 nitrogen and oxygen atoms in total. The third-order valence-corrected chi connectivity index (χ3v) is 2.64. The second kappa shape index (κ2) is 7.00. The fourth-order valence-electron chi connectivity index (χ4n) is 1.67. The van der Waals surface area contributed by atoms with Crippen LogP contribution in [0, 0.1) is 0 Å². The summed E-state index contributed by atoms with van der Waals surface area (Å²) in [6, 6.07) is 10.0. The van der Waals surface area contributed by atoms with E-state index in [1.807, 2.05) is 36.4 Å². The Morgan fingerprint density at radius 2 is 1.88 bits per heavy atom. The van der Waals surface area contributed by atoms with E-state index in [-0.39, 0.29) is 5.78 Å². The van der Waals surface area contributed by atoms with Gasteiger partial charge in [0.05, 0.1) is 0 Å². The van der Waals surface area contributed by atoms with Crippen LogP contribution in [-0.4, -0.2) is 5.78 Å². The molecule has 0 bridgehead atoms. The molecular weight excluding hydrogens is 196 g/mol. The summed E-state index contributed by atoms with van der Waals surface area (Å²) >= 11 is 0. The van der Waals surface area contributed by atoms with E-state index < -0.39 is 0 Å². The van der Waals surface area contributed by atoms with Crippen LogP contribution in [-0.2, 0) is 4.79 Å². The molecule has 1 heteroatoms. The van der Waals surface area contributed by atoms with Gasteiger partial charge in [-0.25, -0.2) is 0 Å². The second-order valence-electron chi connectivity index (χ2n) is 4.09. The maximum atomic E-state index is 11.5. The van der Waals surface area contributed by atoms with E-state index in [4.69, 9.17) is 0 Å². The molecule has 0 spiro atoms. The molecule has 1 rings (SSSR count). The molecule has 86 valence electrons. The highest BCUT2D eigenvalue weighted by molar-refractivity contribution is 5.97. The summed E-state index contributed by atoms with van der Waals surface area (Å²) in [5, 5.41) is 0. The molecule has 0 saturated heterocycles. The number of hydrogen-bond donors (Lipinski definition) is 0. The van der Waals surface area contributed by atoms with E-state index in [0.29, 0.717) is 0 Å². The van der Waals surface area contributed by atoms with Crippen LogP contribution in [0.2, 0.25) is 0 Å². The first-order valence-electron chi connectivity index (χ1n) is 6.00. The van der Waals surface area contributed by atoms with Crippen molar-refractivity contribution in [3.63, 3.8) is 0 Å². The van der Waals surface area contributed by atoms with E-state index in [2.05, 4.69) is 6.92 Å². The van der Waals surface area contributed by atoms with Crippen LogP contribution in [0.4, 0.5) is 0 Å². The maximum absolute atomic E-state index is 11.5. The first kappa shape index (κ1) is 12.7. The van der Waals surface area contributed by atoms with E-state index in [0.717, 1.165) is 24.0 Å². The van der Waals surface area contributed by atoms with E-state index >= 15 is 0 Å². The minimum atomic E-state index is 0.194. The van der Waals surface area contributed by atoms with Gasteiger partial charge in [0, 0.05) is 0 Å². The molecule has 16 heavy (non-hydrogen) atoms. The number of rotatable bonds is 6. The summed E-state index contributed by atoms with van der Waals surface area (Å²) in [6.45, 7) is 3.83. The van der Waals surface area contributed by atoms with E-state index in [9.17, 15) is 4.79 Å². The first-order valence-corrected chi connectivity index (χ1v) is 6.00. The Morgan fingerprint density at radius 1 is 1.19 bits per heavy atom. The molecule has 0 unspecified atom stereocenters. The lowest BCUT2D eigenvalue weighted by Gasteiger charge is -2.03. The molecule has 0 amide bonds. The van der Waals surface area contributed by atoms with Crippen molar-refractivity contribution >= 4 is 11.9 Å². The van der Waals surface area contributed by atoms with Gasteiger partial charge in [0.1, 0.15) is 0 Å². The van der Waals surface area contributed by atoms with Gasteiger partial charge in [-0.1, -0.05) is 50.1 Å². The topological polar surface area (TPSA) is 17.1 Å². The summed E-state index contributed by atoms with van der Waals surface area (Å²) in [6.07, 6.45) is 6.40. The highest BCUT2D eigenvalue weighted by Gasteiger charge is 2.03. The van der Waals surface area contributed by atoms with Crippen molar-refractivity contribution in [3.05, 3.63) is 41.5 Å². The summed E-state index contributed by atoms with van der Waals surface area (Å²) in [4.78, 5) is 11.5. The number of carbonyl (C=O) groups is 1. The molecule has 0 aromatic heterocycles. The van der Waals surface area contributed by atoms with Crippen molar-refractivity contribution in [2.45, 2.75) is 39.5 Å². The molecule has 0 saturated carbocycles. The predicted octanol–water partition coefficient (Wildman–Crippen LogP) is 4.24. The monoisotopic (exact) mass is 216 g/mol. The van der Waals surface area contributed by atoms with Crippen LogP contribution < -0.4 is 0 Å². The summed E-state index contributed by atoms with van der Waals surface area (Å²) in [7, 11) is 0. The zero-order valence-corrected chi connectivity index (χ0v) is 10.2. The minimum absolute atomic E-state index is 0.194. The van der Waals surface area contributed by atoms with E-state index in [1.54, 1.807) is 6.92 Å². The number of benzene rings is 1. The van der Waals surface area contributed by atoms with E-state index in [1.165, 1.54) is 12.8 Å². The molecular formula is C15H20O. The first-order chi connectivity index (χ1) is 7.74. The van der Waals surface area contributed by atoms with Gasteiger partial charge in [-0.15, -0.1) is 0 Å². The van der Waals surface area contributed by atoms with Crippen molar-refractivity contribution in [2.75, 3.05) is 0 Å². The molecule has 0 aliphatic heterocycles. The highest BCUT2D eigenvalue weighted by atomic mass is 16.1. The van der Waals surface area contributed by atoms with Gasteiger partial charge < -0.3 is 0 Å². The number of ketones is 1. The Bertz CT molecular complexity index is 349. The van der Waals surface area contributed by atoms with Crippen LogP contribution in [0.1, 0.15) is 45.1 Å². The SMILES string of the molecule is CCCCC/C(=C/c1ccccc1)C(C)=O. The smallest absolute Gasteiger partial charge is 0.155 e. The molecule has 0 radical (unpaired) electrons. The average molecular weight is 216 g/mol. The summed E-state index contributed by atoms with van der Waals surface area (Å²) < 4.78 is 0. The van der Waals surface area contributed by atoms with Crippen LogP contribution in [0.3, 0.4) is 0 Å². The van der Waals surface area contributed by atoms with Crippen molar-refractivity contribution < 1.29 is 4.79 Å². The molecule has 0 aliphatic rings. The van der Waals surface area contributed by atoms with Gasteiger partial charge in [-0.2, -0.15) is 0 Å². The lowest BCUT2D eigenvalue weighted by molar-refractivity contribution is -0.113. The van der Waals surface area contributed by atoms with Crippen LogP contribution in [0.5, 0.6) is 0 Å². The zero-order chi connectivity index (χ0) is 11.8. The quantitative estimate of drug-likeness (QED) is 0.513. The van der Waals surface area contributed by atoms with Crippen molar-refractivity contribution in [2.24, 2.45) is 0 Å². The molecule has 0 heterocycles. The fourth-order valence-corrected chi connectivity index (χ4v) is 1.67. The highest BCUT2D eigenvalue weighted by Crippen LogP contribution is 2.14. The van der Waals surface area contributed by atoms with Crippen LogP contribution in [0.25, 0.3) is 6.08 Å². The Morgan fingerprint density at radius 3 is 2.44 bits per heavy atom. The molecule has 0 N–H and O–H groups in total. The van der Waals surface area contributed by atoms with Gasteiger partial charge in [0.2, 0.25) is 0 Å². The second-order valence-corrected chi connectivity index (χ2v) is 4.09. The Kier molecular flexibility index (Phi) is 5.55. The summed E-state index contributed by atoms with van der Waals surface area (Å²) in [5.41, 5.74) is 2.06. The van der Waals surface area contributed by atoms with Gasteiger partial charge >= 0.3 is 0 Å². The number of unbranched alkanes of at least 4 members (excludes halogenated alkanes) is 2. The molecule has 0 aliphatic carbocycles. The van der Waals surface area contributed by atoms with Crippen LogP contribution in [0.15, 0.2) is 35.9 Å². The van der Waals surface area contributed by atoms with Crippen molar-refractivity contribution in [1.29, 1.82) is 0 Å². The van der Waals surface area contributed by atoms with Gasteiger partial charge in [0.15, 0.2) is 5.78 Å². The number of hydrogen-bond acceptors (Lipinski definition) is 1. The minimum Gasteiger partial charge on any atom is -0.295 e.